The normalized spacial score (nSPS) is 31.7. The van der Waals surface area contributed by atoms with Gasteiger partial charge in [-0.1, -0.05) is 18.2 Å². The highest BCUT2D eigenvalue weighted by Crippen LogP contribution is 2.40. The first-order valence-corrected chi connectivity index (χ1v) is 8.33. The molecular weight excluding hydrogens is 260 g/mol. The van der Waals surface area contributed by atoms with Crippen LogP contribution in [-0.2, 0) is 0 Å². The molecule has 0 bridgehead atoms. The van der Waals surface area contributed by atoms with E-state index in [9.17, 15) is 0 Å². The number of piperazine rings is 1. The Labute approximate surface area is 127 Å². The molecule has 1 aromatic carbocycles. The summed E-state index contributed by atoms with van der Waals surface area (Å²) in [6.07, 6.45) is 2.84. The van der Waals surface area contributed by atoms with Crippen LogP contribution in [0.5, 0.6) is 5.75 Å². The number of benzene rings is 1. The van der Waals surface area contributed by atoms with Crippen molar-refractivity contribution < 1.29 is 4.74 Å². The highest BCUT2D eigenvalue weighted by atomic mass is 16.5. The van der Waals surface area contributed by atoms with Crippen LogP contribution in [0, 0.1) is 5.92 Å². The molecular formula is C18H26N2O. The molecule has 1 aromatic rings. The zero-order valence-electron chi connectivity index (χ0n) is 13.1. The predicted molar refractivity (Wildman–Crippen MR) is 84.8 cm³/mol. The topological polar surface area (TPSA) is 24.5 Å². The van der Waals surface area contributed by atoms with Crippen LogP contribution in [0.1, 0.15) is 38.2 Å². The molecule has 1 saturated heterocycles. The fourth-order valence-corrected chi connectivity index (χ4v) is 4.00. The van der Waals surface area contributed by atoms with Gasteiger partial charge in [-0.2, -0.15) is 0 Å². The van der Waals surface area contributed by atoms with E-state index in [0.717, 1.165) is 44.0 Å². The summed E-state index contributed by atoms with van der Waals surface area (Å²) in [6, 6.07) is 9.29. The van der Waals surface area contributed by atoms with E-state index < -0.39 is 0 Å². The van der Waals surface area contributed by atoms with Crippen molar-refractivity contribution in [2.24, 2.45) is 5.92 Å². The minimum absolute atomic E-state index is 0.227. The van der Waals surface area contributed by atoms with Gasteiger partial charge in [-0.25, -0.2) is 0 Å². The Hall–Kier alpha value is -1.06. The van der Waals surface area contributed by atoms with Crippen LogP contribution in [0.4, 0.5) is 0 Å². The van der Waals surface area contributed by atoms with Gasteiger partial charge < -0.3 is 10.1 Å². The van der Waals surface area contributed by atoms with Gasteiger partial charge in [0.1, 0.15) is 5.75 Å². The van der Waals surface area contributed by atoms with Crippen LogP contribution in [0.3, 0.4) is 0 Å². The molecule has 0 amide bonds. The van der Waals surface area contributed by atoms with Gasteiger partial charge in [0.05, 0.1) is 6.61 Å². The Morgan fingerprint density at radius 1 is 1.29 bits per heavy atom. The Morgan fingerprint density at radius 2 is 2.10 bits per heavy atom. The van der Waals surface area contributed by atoms with Gasteiger partial charge in [0.2, 0.25) is 0 Å². The van der Waals surface area contributed by atoms with Crippen LogP contribution in [0.25, 0.3) is 0 Å². The number of para-hydroxylation sites is 1. The largest absolute Gasteiger partial charge is 0.493 e. The zero-order chi connectivity index (χ0) is 14.4. The van der Waals surface area contributed by atoms with Gasteiger partial charge in [0, 0.05) is 42.7 Å². The van der Waals surface area contributed by atoms with E-state index in [1.165, 1.54) is 18.4 Å². The second-order valence-corrected chi connectivity index (χ2v) is 7.64. The average molecular weight is 286 g/mol. The molecule has 0 aromatic heterocycles. The van der Waals surface area contributed by atoms with Crippen molar-refractivity contribution in [1.82, 2.24) is 10.2 Å². The monoisotopic (exact) mass is 286 g/mol. The Bertz CT molecular complexity index is 524. The predicted octanol–water partition coefficient (Wildman–Crippen LogP) is 2.62. The molecule has 2 unspecified atom stereocenters. The number of nitrogens with zero attached hydrogens (tertiary/aromatic N) is 1. The van der Waals surface area contributed by atoms with Gasteiger partial charge in [0.15, 0.2) is 0 Å². The van der Waals surface area contributed by atoms with Gasteiger partial charge in [-0.15, -0.1) is 0 Å². The van der Waals surface area contributed by atoms with E-state index >= 15 is 0 Å². The quantitative estimate of drug-likeness (QED) is 0.924. The molecule has 0 radical (unpaired) electrons. The first-order chi connectivity index (χ1) is 10.1. The molecule has 3 aliphatic rings. The molecule has 4 rings (SSSR count). The van der Waals surface area contributed by atoms with Crippen molar-refractivity contribution in [3.05, 3.63) is 29.8 Å². The molecule has 1 aliphatic carbocycles. The number of fused-ring (bicyclic) bond motifs is 1. The maximum absolute atomic E-state index is 5.87. The lowest BCUT2D eigenvalue weighted by Gasteiger charge is -2.45. The smallest absolute Gasteiger partial charge is 0.122 e. The fourth-order valence-electron chi connectivity index (χ4n) is 4.00. The lowest BCUT2D eigenvalue weighted by Crippen LogP contribution is -2.62. The van der Waals surface area contributed by atoms with Crippen LogP contribution in [0.15, 0.2) is 24.3 Å². The summed E-state index contributed by atoms with van der Waals surface area (Å²) in [5, 5.41) is 3.73. The van der Waals surface area contributed by atoms with Gasteiger partial charge >= 0.3 is 0 Å². The Kier molecular flexibility index (Phi) is 3.23. The molecule has 114 valence electrons. The first-order valence-electron chi connectivity index (χ1n) is 8.33. The minimum atomic E-state index is 0.227. The lowest BCUT2D eigenvalue weighted by molar-refractivity contribution is 0.0741. The van der Waals surface area contributed by atoms with Crippen LogP contribution in [-0.4, -0.2) is 42.7 Å². The van der Waals surface area contributed by atoms with E-state index in [-0.39, 0.29) is 5.54 Å². The van der Waals surface area contributed by atoms with Crippen LogP contribution >= 0.6 is 0 Å². The zero-order valence-corrected chi connectivity index (χ0v) is 13.1. The fraction of sp³-hybridized carbons (Fsp3) is 0.667. The standard InChI is InChI=1S/C18H26N2O/c1-18(2)12-20(16(9-19-18)13-7-8-13)10-14-11-21-17-6-4-3-5-15(14)17/h3-6,13-14,16,19H,7-12H2,1-2H3. The molecule has 0 spiro atoms. The Balaban J connectivity index is 1.51. The molecule has 1 N–H and O–H groups in total. The van der Waals surface area contributed by atoms with E-state index in [2.05, 4.69) is 48.3 Å². The molecule has 2 aliphatic heterocycles. The van der Waals surface area contributed by atoms with Crippen LogP contribution < -0.4 is 10.1 Å². The molecule has 21 heavy (non-hydrogen) atoms. The molecule has 3 nitrogen and oxygen atoms in total. The van der Waals surface area contributed by atoms with Crippen molar-refractivity contribution in [2.45, 2.75) is 44.2 Å². The summed E-state index contributed by atoms with van der Waals surface area (Å²) in [7, 11) is 0. The van der Waals surface area contributed by atoms with Crippen molar-refractivity contribution in [1.29, 1.82) is 0 Å². The van der Waals surface area contributed by atoms with Crippen molar-refractivity contribution in [3.8, 4) is 5.75 Å². The Morgan fingerprint density at radius 3 is 2.90 bits per heavy atom. The number of hydrogen-bond donors (Lipinski definition) is 1. The summed E-state index contributed by atoms with van der Waals surface area (Å²) >= 11 is 0. The number of hydrogen-bond acceptors (Lipinski definition) is 3. The maximum Gasteiger partial charge on any atom is 0.122 e. The third-order valence-electron chi connectivity index (χ3n) is 5.28. The maximum atomic E-state index is 5.87. The second kappa shape index (κ2) is 4.99. The number of nitrogens with one attached hydrogen (secondary N) is 1. The first kappa shape index (κ1) is 13.6. The van der Waals surface area contributed by atoms with Gasteiger partial charge in [-0.3, -0.25) is 4.90 Å². The third-order valence-corrected chi connectivity index (χ3v) is 5.28. The lowest BCUT2D eigenvalue weighted by atomic mass is 9.93. The van der Waals surface area contributed by atoms with Crippen molar-refractivity contribution in [2.75, 3.05) is 26.2 Å². The van der Waals surface area contributed by atoms with Crippen molar-refractivity contribution >= 4 is 0 Å². The highest BCUT2D eigenvalue weighted by molar-refractivity contribution is 5.39. The molecule has 3 heteroatoms. The molecule has 1 saturated carbocycles. The van der Waals surface area contributed by atoms with E-state index in [0.29, 0.717) is 5.92 Å². The number of rotatable bonds is 3. The summed E-state index contributed by atoms with van der Waals surface area (Å²) in [5.41, 5.74) is 1.63. The van der Waals surface area contributed by atoms with Gasteiger partial charge in [-0.05, 0) is 38.7 Å². The van der Waals surface area contributed by atoms with E-state index in [4.69, 9.17) is 4.74 Å². The van der Waals surface area contributed by atoms with Crippen molar-refractivity contribution in [3.63, 3.8) is 0 Å². The molecule has 2 heterocycles. The van der Waals surface area contributed by atoms with E-state index in [1.54, 1.807) is 0 Å². The summed E-state index contributed by atoms with van der Waals surface area (Å²) in [5.74, 6) is 2.56. The number of ether oxygens (including phenoxy) is 1. The average Bonchev–Trinajstić information content (AvgIpc) is 3.21. The van der Waals surface area contributed by atoms with E-state index in [1.807, 2.05) is 0 Å². The minimum Gasteiger partial charge on any atom is -0.493 e. The highest BCUT2D eigenvalue weighted by Gasteiger charge is 2.42. The summed E-state index contributed by atoms with van der Waals surface area (Å²) < 4.78 is 5.87. The third kappa shape index (κ3) is 2.69. The van der Waals surface area contributed by atoms with Crippen LogP contribution in [0.2, 0.25) is 0 Å². The summed E-state index contributed by atoms with van der Waals surface area (Å²) in [4.78, 5) is 2.74. The molecule has 2 fully saturated rings. The molecule has 2 atom stereocenters. The summed E-state index contributed by atoms with van der Waals surface area (Å²) in [6.45, 7) is 8.93. The second-order valence-electron chi connectivity index (χ2n) is 7.64. The van der Waals surface area contributed by atoms with Gasteiger partial charge in [0.25, 0.3) is 0 Å². The SMILES string of the molecule is CC1(C)CN(CC2COc3ccccc32)C(C2CC2)CN1.